The number of hydrogen-bond donors (Lipinski definition) is 6. The molecule has 11 nitrogen and oxygen atoms in total. The third-order valence-corrected chi connectivity index (χ3v) is 13.4. The van der Waals surface area contributed by atoms with E-state index >= 15 is 0 Å². The number of hydrogen-bond acceptors (Lipinski definition) is 10. The first-order valence-electron chi connectivity index (χ1n) is 28.9. The van der Waals surface area contributed by atoms with E-state index in [1.807, 2.05) is 6.08 Å². The molecule has 7 atom stereocenters. The number of allylic oxidation sites excluding steroid dienone is 7. The summed E-state index contributed by atoms with van der Waals surface area (Å²) < 4.78 is 16.7. The Morgan fingerprint density at radius 2 is 0.929 bits per heavy atom. The van der Waals surface area contributed by atoms with Gasteiger partial charge in [-0.2, -0.15) is 0 Å². The van der Waals surface area contributed by atoms with E-state index in [1.54, 1.807) is 6.08 Å². The highest BCUT2D eigenvalue weighted by Crippen LogP contribution is 2.23. The second kappa shape index (κ2) is 48.9. The Labute approximate surface area is 427 Å². The van der Waals surface area contributed by atoms with E-state index in [4.69, 9.17) is 14.2 Å². The fourth-order valence-corrected chi connectivity index (χ4v) is 8.75. The molecule has 1 rings (SSSR count). The highest BCUT2D eigenvalue weighted by Gasteiger charge is 2.44. The lowest BCUT2D eigenvalue weighted by Gasteiger charge is -2.40. The van der Waals surface area contributed by atoms with Crippen LogP contribution in [0.2, 0.25) is 0 Å². The van der Waals surface area contributed by atoms with Crippen LogP contribution in [0.15, 0.2) is 48.6 Å². The maximum atomic E-state index is 13.0. The molecule has 0 saturated carbocycles. The molecule has 1 heterocycles. The van der Waals surface area contributed by atoms with Gasteiger partial charge in [-0.05, 0) is 83.5 Å². The van der Waals surface area contributed by atoms with E-state index < -0.39 is 49.5 Å². The van der Waals surface area contributed by atoms with Crippen LogP contribution in [0.4, 0.5) is 0 Å². The van der Waals surface area contributed by atoms with Crippen LogP contribution in [0.3, 0.4) is 0 Å². The van der Waals surface area contributed by atoms with Gasteiger partial charge in [0.1, 0.15) is 24.4 Å². The third-order valence-electron chi connectivity index (χ3n) is 13.4. The summed E-state index contributed by atoms with van der Waals surface area (Å²) in [6.07, 6.45) is 50.5. The fourth-order valence-electron chi connectivity index (χ4n) is 8.75. The number of rotatable bonds is 49. The SMILES string of the molecule is CCCCCC/C=C/CC/C=C/CC/C=C/C(O)C(COC1OC(CO)C(O)C(O)C1O)NC(=O)CCCCCCCCC/C=C\CCCCCCCCOC(=O)CCCCCCCCCCCCC. The molecule has 1 aliphatic rings. The average molecular weight is 991 g/mol. The summed E-state index contributed by atoms with van der Waals surface area (Å²) in [5.41, 5.74) is 0. The molecule has 7 unspecified atom stereocenters. The van der Waals surface area contributed by atoms with Gasteiger partial charge >= 0.3 is 5.97 Å². The molecular weight excluding hydrogens is 883 g/mol. The zero-order valence-electron chi connectivity index (χ0n) is 44.7. The first-order valence-corrected chi connectivity index (χ1v) is 28.9. The van der Waals surface area contributed by atoms with E-state index in [1.165, 1.54) is 128 Å². The molecule has 0 aromatic heterocycles. The lowest BCUT2D eigenvalue weighted by molar-refractivity contribution is -0.302. The monoisotopic (exact) mass is 990 g/mol. The molecule has 1 aliphatic heterocycles. The zero-order chi connectivity index (χ0) is 51.0. The molecule has 0 spiro atoms. The van der Waals surface area contributed by atoms with Gasteiger partial charge < -0.3 is 45.1 Å². The van der Waals surface area contributed by atoms with Crippen LogP contribution in [0.1, 0.15) is 251 Å². The van der Waals surface area contributed by atoms with Crippen molar-refractivity contribution in [3.63, 3.8) is 0 Å². The van der Waals surface area contributed by atoms with Crippen molar-refractivity contribution in [1.82, 2.24) is 5.32 Å². The van der Waals surface area contributed by atoms with E-state index in [0.29, 0.717) is 19.4 Å². The van der Waals surface area contributed by atoms with Crippen molar-refractivity contribution in [1.29, 1.82) is 0 Å². The molecule has 0 aliphatic carbocycles. The van der Waals surface area contributed by atoms with Crippen LogP contribution in [0.25, 0.3) is 0 Å². The molecule has 0 aromatic rings. The Kier molecular flexibility index (Phi) is 45.8. The van der Waals surface area contributed by atoms with Gasteiger partial charge in [-0.25, -0.2) is 0 Å². The molecular formula is C59H107NO10. The molecule has 408 valence electrons. The second-order valence-corrected chi connectivity index (χ2v) is 20.0. The Hall–Kier alpha value is -2.38. The number of nitrogens with one attached hydrogen (secondary N) is 1. The van der Waals surface area contributed by atoms with Gasteiger partial charge in [-0.3, -0.25) is 9.59 Å². The van der Waals surface area contributed by atoms with Gasteiger partial charge in [-0.15, -0.1) is 0 Å². The van der Waals surface area contributed by atoms with Crippen LogP contribution in [0, 0.1) is 0 Å². The van der Waals surface area contributed by atoms with E-state index in [0.717, 1.165) is 96.3 Å². The van der Waals surface area contributed by atoms with Crippen molar-refractivity contribution in [3.8, 4) is 0 Å². The Bertz CT molecular complexity index is 1300. The first kappa shape index (κ1) is 65.6. The van der Waals surface area contributed by atoms with Crippen molar-refractivity contribution in [2.45, 2.75) is 294 Å². The van der Waals surface area contributed by atoms with Crippen molar-refractivity contribution in [2.75, 3.05) is 19.8 Å². The van der Waals surface area contributed by atoms with Gasteiger partial charge in [0.25, 0.3) is 0 Å². The zero-order valence-corrected chi connectivity index (χ0v) is 44.7. The lowest BCUT2D eigenvalue weighted by Crippen LogP contribution is -2.60. The number of aliphatic hydroxyl groups is 5. The molecule has 6 N–H and O–H groups in total. The van der Waals surface area contributed by atoms with Gasteiger partial charge in [0.05, 0.1) is 32.0 Å². The fraction of sp³-hybridized carbons (Fsp3) is 0.831. The molecule has 0 bridgehead atoms. The normalized spacial score (nSPS) is 19.6. The average Bonchev–Trinajstić information content (AvgIpc) is 3.36. The summed E-state index contributed by atoms with van der Waals surface area (Å²) in [5, 5.41) is 54.3. The minimum atomic E-state index is -1.58. The molecule has 0 aromatic carbocycles. The number of esters is 1. The summed E-state index contributed by atoms with van der Waals surface area (Å²) in [6, 6.07) is -0.844. The second-order valence-electron chi connectivity index (χ2n) is 20.0. The molecule has 1 fully saturated rings. The smallest absolute Gasteiger partial charge is 0.305 e. The summed E-state index contributed by atoms with van der Waals surface area (Å²) in [7, 11) is 0. The maximum absolute atomic E-state index is 13.0. The van der Waals surface area contributed by atoms with Crippen LogP contribution < -0.4 is 5.32 Å². The largest absolute Gasteiger partial charge is 0.466 e. The van der Waals surface area contributed by atoms with Crippen molar-refractivity contribution in [2.24, 2.45) is 0 Å². The van der Waals surface area contributed by atoms with Crippen LogP contribution in [0.5, 0.6) is 0 Å². The standard InChI is InChI=1S/C59H107NO10/c1-3-5-7-9-11-13-15-16-22-26-29-33-37-41-45-52(62)51(50-69-59-58(67)57(66)56(65)53(49-61)70-59)60-54(63)46-42-38-34-30-27-23-20-18-17-19-21-24-28-32-36-40-44-48-68-55(64)47-43-39-35-31-25-14-12-10-8-6-4-2/h13,15,17,19,26,29,41,45,51-53,56-59,61-62,65-67H,3-12,14,16,18,20-25,27-28,30-40,42-44,46-50H2,1-2H3,(H,60,63)/b15-13+,19-17-,29-26+,45-41+. The molecule has 1 amide bonds. The van der Waals surface area contributed by atoms with E-state index in [2.05, 4.69) is 55.6 Å². The molecule has 70 heavy (non-hydrogen) atoms. The first-order chi connectivity index (χ1) is 34.2. The Balaban J connectivity index is 2.17. The van der Waals surface area contributed by atoms with Crippen molar-refractivity contribution in [3.05, 3.63) is 48.6 Å². The molecule has 11 heteroatoms. The predicted molar refractivity (Wildman–Crippen MR) is 287 cm³/mol. The number of carbonyl (C=O) groups is 2. The van der Waals surface area contributed by atoms with Crippen LogP contribution in [-0.4, -0.2) is 100 Å². The third kappa shape index (κ3) is 38.3. The highest BCUT2D eigenvalue weighted by molar-refractivity contribution is 5.76. The Morgan fingerprint density at radius 1 is 0.514 bits per heavy atom. The Morgan fingerprint density at radius 3 is 1.43 bits per heavy atom. The van der Waals surface area contributed by atoms with Gasteiger partial charge in [0.2, 0.25) is 5.91 Å². The van der Waals surface area contributed by atoms with E-state index in [9.17, 15) is 35.1 Å². The minimum absolute atomic E-state index is 0.0207. The van der Waals surface area contributed by atoms with Gasteiger partial charge in [0.15, 0.2) is 6.29 Å². The summed E-state index contributed by atoms with van der Waals surface area (Å²) in [6.45, 7) is 4.26. The number of ether oxygens (including phenoxy) is 3. The summed E-state index contributed by atoms with van der Waals surface area (Å²) in [4.78, 5) is 25.0. The van der Waals surface area contributed by atoms with Crippen LogP contribution in [-0.2, 0) is 23.8 Å². The number of carbonyl (C=O) groups excluding carboxylic acids is 2. The van der Waals surface area contributed by atoms with E-state index in [-0.39, 0.29) is 18.5 Å². The molecule has 0 radical (unpaired) electrons. The van der Waals surface area contributed by atoms with Gasteiger partial charge in [0, 0.05) is 12.8 Å². The van der Waals surface area contributed by atoms with Gasteiger partial charge in [-0.1, -0.05) is 204 Å². The minimum Gasteiger partial charge on any atom is -0.466 e. The number of unbranched alkanes of at least 4 members (excludes halogenated alkanes) is 29. The number of amides is 1. The van der Waals surface area contributed by atoms with Crippen molar-refractivity contribution >= 4 is 11.9 Å². The van der Waals surface area contributed by atoms with Crippen molar-refractivity contribution < 1.29 is 49.3 Å². The van der Waals surface area contributed by atoms with Crippen LogP contribution >= 0.6 is 0 Å². The summed E-state index contributed by atoms with van der Waals surface area (Å²) >= 11 is 0. The quantitative estimate of drug-likeness (QED) is 0.0196. The number of aliphatic hydroxyl groups excluding tert-OH is 5. The summed E-state index contributed by atoms with van der Waals surface area (Å²) in [5.74, 6) is -0.230. The highest BCUT2D eigenvalue weighted by atomic mass is 16.7. The lowest BCUT2D eigenvalue weighted by atomic mass is 9.99. The molecule has 1 saturated heterocycles. The predicted octanol–water partition coefficient (Wildman–Crippen LogP) is 12.9. The topological polar surface area (TPSA) is 175 Å². The maximum Gasteiger partial charge on any atom is 0.305 e.